The number of nitrogen functional groups attached to an aromatic ring is 1. The summed E-state index contributed by atoms with van der Waals surface area (Å²) in [6.45, 7) is 1.87. The average molecular weight is 250 g/mol. The molecule has 98 valence electrons. The van der Waals surface area contributed by atoms with Crippen LogP contribution in [-0.2, 0) is 6.54 Å². The third-order valence-corrected chi connectivity index (χ3v) is 3.13. The maximum absolute atomic E-state index is 10.8. The molecule has 6 heteroatoms. The van der Waals surface area contributed by atoms with Crippen LogP contribution < -0.4 is 11.3 Å². The van der Waals surface area contributed by atoms with Gasteiger partial charge in [-0.05, 0) is 37.4 Å². The summed E-state index contributed by atoms with van der Waals surface area (Å²) in [4.78, 5) is 12.6. The minimum Gasteiger partial charge on any atom is -0.318 e. The Hall–Kier alpha value is -1.66. The van der Waals surface area contributed by atoms with Crippen molar-refractivity contribution in [3.05, 3.63) is 33.9 Å². The van der Waals surface area contributed by atoms with Crippen LogP contribution in [0.1, 0.15) is 18.4 Å². The first-order chi connectivity index (χ1) is 8.60. The Labute approximate surface area is 106 Å². The quantitative estimate of drug-likeness (QED) is 0.456. The number of nitrogens with two attached hydrogens (primary N) is 1. The lowest BCUT2D eigenvalue weighted by Gasteiger charge is -2.16. The molecule has 0 unspecified atom stereocenters. The second-order valence-electron chi connectivity index (χ2n) is 4.89. The van der Waals surface area contributed by atoms with E-state index in [9.17, 15) is 10.1 Å². The molecule has 0 spiro atoms. The van der Waals surface area contributed by atoms with Gasteiger partial charge in [0.15, 0.2) is 0 Å². The van der Waals surface area contributed by atoms with Gasteiger partial charge in [-0.2, -0.15) is 0 Å². The summed E-state index contributed by atoms with van der Waals surface area (Å²) in [6.07, 6.45) is 2.64. The molecule has 0 atom stereocenters. The van der Waals surface area contributed by atoms with E-state index < -0.39 is 4.92 Å². The van der Waals surface area contributed by atoms with Crippen LogP contribution in [0.4, 0.5) is 11.4 Å². The van der Waals surface area contributed by atoms with Crippen molar-refractivity contribution >= 4 is 11.4 Å². The third kappa shape index (κ3) is 3.18. The number of hydrazine groups is 1. The van der Waals surface area contributed by atoms with Gasteiger partial charge in [-0.1, -0.05) is 6.07 Å². The Morgan fingerprint density at radius 1 is 1.56 bits per heavy atom. The van der Waals surface area contributed by atoms with Crippen LogP contribution in [0.3, 0.4) is 0 Å². The molecule has 1 aliphatic carbocycles. The Morgan fingerprint density at radius 2 is 2.28 bits per heavy atom. The molecule has 0 aliphatic heterocycles. The lowest BCUT2D eigenvalue weighted by atomic mass is 10.1. The van der Waals surface area contributed by atoms with E-state index in [0.29, 0.717) is 5.69 Å². The molecule has 0 saturated heterocycles. The van der Waals surface area contributed by atoms with E-state index in [0.717, 1.165) is 24.6 Å². The molecule has 0 amide bonds. The predicted molar refractivity (Wildman–Crippen MR) is 70.0 cm³/mol. The molecule has 0 radical (unpaired) electrons. The Kier molecular flexibility index (Phi) is 3.78. The summed E-state index contributed by atoms with van der Waals surface area (Å²) in [5.74, 6) is 6.14. The van der Waals surface area contributed by atoms with Crippen LogP contribution in [0.2, 0.25) is 0 Å². The number of anilines is 1. The normalized spacial score (nSPS) is 14.8. The zero-order valence-electron chi connectivity index (χ0n) is 10.4. The van der Waals surface area contributed by atoms with E-state index in [-0.39, 0.29) is 5.69 Å². The molecule has 1 aromatic rings. The molecule has 0 aromatic heterocycles. The molecule has 2 rings (SSSR count). The van der Waals surface area contributed by atoms with Crippen LogP contribution in [0.25, 0.3) is 0 Å². The van der Waals surface area contributed by atoms with E-state index in [1.54, 1.807) is 12.1 Å². The summed E-state index contributed by atoms with van der Waals surface area (Å²) in [5.41, 5.74) is 3.77. The van der Waals surface area contributed by atoms with Gasteiger partial charge >= 0.3 is 0 Å². The summed E-state index contributed by atoms with van der Waals surface area (Å²) >= 11 is 0. The molecule has 18 heavy (non-hydrogen) atoms. The Balaban J connectivity index is 2.06. The first-order valence-electron chi connectivity index (χ1n) is 6.02. The van der Waals surface area contributed by atoms with Crippen molar-refractivity contribution in [2.24, 2.45) is 11.8 Å². The van der Waals surface area contributed by atoms with E-state index >= 15 is 0 Å². The minimum atomic E-state index is -0.438. The summed E-state index contributed by atoms with van der Waals surface area (Å²) in [5, 5.41) is 10.8. The average Bonchev–Trinajstić information content (AvgIpc) is 3.12. The van der Waals surface area contributed by atoms with Crippen LogP contribution in [0.15, 0.2) is 18.2 Å². The zero-order chi connectivity index (χ0) is 13.1. The van der Waals surface area contributed by atoms with Crippen molar-refractivity contribution in [3.8, 4) is 0 Å². The van der Waals surface area contributed by atoms with E-state index in [1.165, 1.54) is 18.9 Å². The second-order valence-corrected chi connectivity index (χ2v) is 4.89. The minimum absolute atomic E-state index is 0.00564. The number of hydrogen-bond acceptors (Lipinski definition) is 5. The Bertz CT molecular complexity index is 446. The highest BCUT2D eigenvalue weighted by Crippen LogP contribution is 2.30. The van der Waals surface area contributed by atoms with Crippen LogP contribution >= 0.6 is 0 Å². The summed E-state index contributed by atoms with van der Waals surface area (Å²) in [6, 6.07) is 5.01. The van der Waals surface area contributed by atoms with E-state index in [1.807, 2.05) is 0 Å². The van der Waals surface area contributed by atoms with Gasteiger partial charge in [0, 0.05) is 19.2 Å². The maximum atomic E-state index is 10.8. The van der Waals surface area contributed by atoms with Crippen LogP contribution in [-0.4, -0.2) is 23.4 Å². The van der Waals surface area contributed by atoms with Gasteiger partial charge in [-0.3, -0.25) is 16.0 Å². The number of nitro benzene ring substituents is 1. The number of nitrogens with one attached hydrogen (secondary N) is 1. The first kappa shape index (κ1) is 12.8. The highest BCUT2D eigenvalue weighted by atomic mass is 16.6. The summed E-state index contributed by atoms with van der Waals surface area (Å²) in [7, 11) is 2.06. The molecular weight excluding hydrogens is 232 g/mol. The van der Waals surface area contributed by atoms with Crippen molar-refractivity contribution in [1.82, 2.24) is 4.90 Å². The first-order valence-corrected chi connectivity index (χ1v) is 6.02. The van der Waals surface area contributed by atoms with Crippen molar-refractivity contribution in [1.29, 1.82) is 0 Å². The zero-order valence-corrected chi connectivity index (χ0v) is 10.4. The van der Waals surface area contributed by atoms with Crippen molar-refractivity contribution < 1.29 is 4.92 Å². The highest BCUT2D eigenvalue weighted by Gasteiger charge is 2.23. The Morgan fingerprint density at radius 3 is 2.83 bits per heavy atom. The number of hydrogen-bond donors (Lipinski definition) is 2. The lowest BCUT2D eigenvalue weighted by molar-refractivity contribution is -0.384. The van der Waals surface area contributed by atoms with Gasteiger partial charge in [0.2, 0.25) is 0 Å². The molecule has 1 aliphatic rings. The number of nitro groups is 1. The molecule has 0 bridgehead atoms. The number of rotatable bonds is 6. The fraction of sp³-hybridized carbons (Fsp3) is 0.500. The van der Waals surface area contributed by atoms with Crippen LogP contribution in [0.5, 0.6) is 0 Å². The molecule has 1 saturated carbocycles. The fourth-order valence-corrected chi connectivity index (χ4v) is 2.07. The lowest BCUT2D eigenvalue weighted by Crippen LogP contribution is -2.20. The molecular formula is C12H18N4O2. The molecule has 6 nitrogen and oxygen atoms in total. The second kappa shape index (κ2) is 5.32. The maximum Gasteiger partial charge on any atom is 0.293 e. The van der Waals surface area contributed by atoms with Gasteiger partial charge in [-0.25, -0.2) is 0 Å². The monoisotopic (exact) mass is 250 g/mol. The topological polar surface area (TPSA) is 84.4 Å². The molecule has 3 N–H and O–H groups in total. The van der Waals surface area contributed by atoms with Gasteiger partial charge in [-0.15, -0.1) is 0 Å². The summed E-state index contributed by atoms with van der Waals surface area (Å²) < 4.78 is 0. The standard InChI is InChI=1S/C12H18N4O2/c1-15(7-9-2-3-9)8-10-4-5-12(16(17)18)11(6-10)14-13/h4-6,9,14H,2-3,7-8,13H2,1H3. The highest BCUT2D eigenvalue weighted by molar-refractivity contribution is 5.62. The molecule has 1 aromatic carbocycles. The van der Waals surface area contributed by atoms with Gasteiger partial charge in [0.25, 0.3) is 5.69 Å². The van der Waals surface area contributed by atoms with Crippen molar-refractivity contribution in [2.45, 2.75) is 19.4 Å². The number of benzene rings is 1. The number of nitrogens with zero attached hydrogens (tertiary/aromatic N) is 2. The molecule has 0 heterocycles. The SMILES string of the molecule is CN(Cc1ccc([N+](=O)[O-])c(NN)c1)CC1CC1. The van der Waals surface area contributed by atoms with Crippen molar-refractivity contribution in [3.63, 3.8) is 0 Å². The van der Waals surface area contributed by atoms with E-state index in [2.05, 4.69) is 17.4 Å². The van der Waals surface area contributed by atoms with Crippen LogP contribution in [0, 0.1) is 16.0 Å². The van der Waals surface area contributed by atoms with Crippen molar-refractivity contribution in [2.75, 3.05) is 19.0 Å². The predicted octanol–water partition coefficient (Wildman–Crippen LogP) is 1.72. The van der Waals surface area contributed by atoms with Gasteiger partial charge in [0.05, 0.1) is 4.92 Å². The smallest absolute Gasteiger partial charge is 0.293 e. The van der Waals surface area contributed by atoms with Gasteiger partial charge < -0.3 is 10.3 Å². The molecule has 1 fully saturated rings. The van der Waals surface area contributed by atoms with E-state index in [4.69, 9.17) is 5.84 Å². The third-order valence-electron chi connectivity index (χ3n) is 3.13. The largest absolute Gasteiger partial charge is 0.318 e. The van der Waals surface area contributed by atoms with Gasteiger partial charge in [0.1, 0.15) is 5.69 Å². The fourth-order valence-electron chi connectivity index (χ4n) is 2.07.